The van der Waals surface area contributed by atoms with E-state index < -0.39 is 5.41 Å². The lowest BCUT2D eigenvalue weighted by Gasteiger charge is -2.17. The highest BCUT2D eigenvalue weighted by Crippen LogP contribution is 2.22. The first-order valence-electron chi connectivity index (χ1n) is 5.55. The molecular formula is C13H16N2O2. The number of nitrogens with one attached hydrogen (secondary N) is 1. The SMILES string of the molecule is Cc1nc2ccc(NC(=O)C(C)(C)C)cc2o1. The van der Waals surface area contributed by atoms with Gasteiger partial charge in [-0.05, 0) is 12.1 Å². The highest BCUT2D eigenvalue weighted by molar-refractivity contribution is 5.95. The molecule has 1 aromatic carbocycles. The fraction of sp³-hybridized carbons (Fsp3) is 0.385. The van der Waals surface area contributed by atoms with E-state index in [4.69, 9.17) is 4.42 Å². The Kier molecular flexibility index (Phi) is 2.65. The third kappa shape index (κ3) is 2.46. The van der Waals surface area contributed by atoms with Crippen molar-refractivity contribution >= 4 is 22.7 Å². The summed E-state index contributed by atoms with van der Waals surface area (Å²) >= 11 is 0. The van der Waals surface area contributed by atoms with Gasteiger partial charge in [-0.3, -0.25) is 4.79 Å². The molecule has 4 heteroatoms. The quantitative estimate of drug-likeness (QED) is 0.821. The Morgan fingerprint density at radius 3 is 2.71 bits per heavy atom. The van der Waals surface area contributed by atoms with Crippen molar-refractivity contribution in [3.63, 3.8) is 0 Å². The number of aromatic nitrogens is 1. The first-order chi connectivity index (χ1) is 7.86. The molecule has 2 aromatic rings. The van der Waals surface area contributed by atoms with Crippen LogP contribution < -0.4 is 5.32 Å². The Labute approximate surface area is 100 Å². The average Bonchev–Trinajstić information content (AvgIpc) is 2.55. The van der Waals surface area contributed by atoms with E-state index in [-0.39, 0.29) is 5.91 Å². The van der Waals surface area contributed by atoms with E-state index >= 15 is 0 Å². The average molecular weight is 232 g/mol. The van der Waals surface area contributed by atoms with Gasteiger partial charge in [0.15, 0.2) is 11.5 Å². The van der Waals surface area contributed by atoms with Crippen LogP contribution in [-0.2, 0) is 4.79 Å². The third-order valence-corrected chi connectivity index (χ3v) is 2.43. The van der Waals surface area contributed by atoms with Crippen LogP contribution in [-0.4, -0.2) is 10.9 Å². The van der Waals surface area contributed by atoms with E-state index in [0.717, 1.165) is 11.2 Å². The molecule has 0 radical (unpaired) electrons. The maximum atomic E-state index is 11.8. The van der Waals surface area contributed by atoms with Crippen molar-refractivity contribution in [1.82, 2.24) is 4.98 Å². The lowest BCUT2D eigenvalue weighted by atomic mass is 9.95. The summed E-state index contributed by atoms with van der Waals surface area (Å²) in [7, 11) is 0. The molecule has 4 nitrogen and oxygen atoms in total. The van der Waals surface area contributed by atoms with E-state index in [1.807, 2.05) is 32.9 Å². The second-order valence-corrected chi connectivity index (χ2v) is 5.12. The van der Waals surface area contributed by atoms with Crippen LogP contribution in [0.15, 0.2) is 22.6 Å². The number of oxazole rings is 1. The van der Waals surface area contributed by atoms with Crippen molar-refractivity contribution in [2.24, 2.45) is 5.41 Å². The molecule has 0 spiro atoms. The van der Waals surface area contributed by atoms with Gasteiger partial charge in [-0.25, -0.2) is 4.98 Å². The molecule has 1 amide bonds. The van der Waals surface area contributed by atoms with Gasteiger partial charge in [0.25, 0.3) is 0 Å². The minimum absolute atomic E-state index is 0.0203. The summed E-state index contributed by atoms with van der Waals surface area (Å²) in [6, 6.07) is 5.46. The molecule has 0 aliphatic carbocycles. The van der Waals surface area contributed by atoms with Crippen molar-refractivity contribution < 1.29 is 9.21 Å². The number of carbonyl (C=O) groups excluding carboxylic acids is 1. The van der Waals surface area contributed by atoms with Crippen LogP contribution in [0, 0.1) is 12.3 Å². The standard InChI is InChI=1S/C13H16N2O2/c1-8-14-10-6-5-9(7-11(10)17-8)15-12(16)13(2,3)4/h5-7H,1-4H3,(H,15,16). The minimum Gasteiger partial charge on any atom is -0.441 e. The fourth-order valence-electron chi connectivity index (χ4n) is 1.44. The molecule has 0 saturated heterocycles. The summed E-state index contributed by atoms with van der Waals surface area (Å²) in [6.45, 7) is 7.42. The summed E-state index contributed by atoms with van der Waals surface area (Å²) in [5, 5.41) is 2.86. The van der Waals surface area contributed by atoms with Gasteiger partial charge in [0.1, 0.15) is 5.52 Å². The lowest BCUT2D eigenvalue weighted by molar-refractivity contribution is -0.123. The molecule has 1 heterocycles. The highest BCUT2D eigenvalue weighted by Gasteiger charge is 2.21. The molecule has 0 atom stereocenters. The fourth-order valence-corrected chi connectivity index (χ4v) is 1.44. The number of hydrogen-bond donors (Lipinski definition) is 1. The van der Waals surface area contributed by atoms with E-state index in [2.05, 4.69) is 10.3 Å². The Balaban J connectivity index is 2.28. The number of anilines is 1. The molecule has 90 valence electrons. The van der Waals surface area contributed by atoms with Crippen molar-refractivity contribution in [1.29, 1.82) is 0 Å². The van der Waals surface area contributed by atoms with Gasteiger partial charge in [0.05, 0.1) is 0 Å². The largest absolute Gasteiger partial charge is 0.441 e. The van der Waals surface area contributed by atoms with Gasteiger partial charge in [-0.2, -0.15) is 0 Å². The number of amides is 1. The number of carbonyl (C=O) groups is 1. The molecule has 0 aliphatic heterocycles. The molecule has 1 N–H and O–H groups in total. The van der Waals surface area contributed by atoms with E-state index in [0.29, 0.717) is 11.5 Å². The zero-order valence-electron chi connectivity index (χ0n) is 10.5. The number of benzene rings is 1. The zero-order chi connectivity index (χ0) is 12.6. The Hall–Kier alpha value is -1.84. The highest BCUT2D eigenvalue weighted by atomic mass is 16.3. The van der Waals surface area contributed by atoms with Crippen LogP contribution in [0.1, 0.15) is 26.7 Å². The number of rotatable bonds is 1. The topological polar surface area (TPSA) is 55.1 Å². The van der Waals surface area contributed by atoms with Crippen molar-refractivity contribution in [3.05, 3.63) is 24.1 Å². The molecule has 17 heavy (non-hydrogen) atoms. The first-order valence-corrected chi connectivity index (χ1v) is 5.55. The lowest BCUT2D eigenvalue weighted by Crippen LogP contribution is -2.27. The van der Waals surface area contributed by atoms with Crippen LogP contribution in [0.3, 0.4) is 0 Å². The van der Waals surface area contributed by atoms with Gasteiger partial charge < -0.3 is 9.73 Å². The Morgan fingerprint density at radius 2 is 2.06 bits per heavy atom. The molecule has 2 rings (SSSR count). The molecule has 1 aromatic heterocycles. The Bertz CT molecular complexity index is 564. The number of fused-ring (bicyclic) bond motifs is 1. The smallest absolute Gasteiger partial charge is 0.229 e. The van der Waals surface area contributed by atoms with Crippen molar-refractivity contribution in [3.8, 4) is 0 Å². The molecule has 0 bridgehead atoms. The van der Waals surface area contributed by atoms with Crippen LogP contribution in [0.25, 0.3) is 11.1 Å². The summed E-state index contributed by atoms with van der Waals surface area (Å²) in [5.41, 5.74) is 1.81. The summed E-state index contributed by atoms with van der Waals surface area (Å²) in [4.78, 5) is 16.0. The molecular weight excluding hydrogens is 216 g/mol. The van der Waals surface area contributed by atoms with E-state index in [1.54, 1.807) is 13.0 Å². The molecule has 0 aliphatic rings. The van der Waals surface area contributed by atoms with Gasteiger partial charge >= 0.3 is 0 Å². The monoisotopic (exact) mass is 232 g/mol. The predicted molar refractivity (Wildman–Crippen MR) is 66.8 cm³/mol. The van der Waals surface area contributed by atoms with Crippen LogP contribution in [0.5, 0.6) is 0 Å². The number of nitrogens with zero attached hydrogens (tertiary/aromatic N) is 1. The molecule has 0 saturated carbocycles. The maximum absolute atomic E-state index is 11.8. The van der Waals surface area contributed by atoms with Gasteiger partial charge in [0, 0.05) is 24.1 Å². The van der Waals surface area contributed by atoms with E-state index in [9.17, 15) is 4.79 Å². The van der Waals surface area contributed by atoms with Crippen LogP contribution >= 0.6 is 0 Å². The van der Waals surface area contributed by atoms with Gasteiger partial charge in [-0.1, -0.05) is 20.8 Å². The minimum atomic E-state index is -0.410. The second-order valence-electron chi connectivity index (χ2n) is 5.12. The van der Waals surface area contributed by atoms with Crippen LogP contribution in [0.2, 0.25) is 0 Å². The Morgan fingerprint density at radius 1 is 1.35 bits per heavy atom. The normalized spacial score (nSPS) is 11.8. The third-order valence-electron chi connectivity index (χ3n) is 2.43. The number of aryl methyl sites for hydroxylation is 1. The summed E-state index contributed by atoms with van der Waals surface area (Å²) in [5.74, 6) is 0.604. The molecule has 0 fully saturated rings. The van der Waals surface area contributed by atoms with Crippen molar-refractivity contribution in [2.75, 3.05) is 5.32 Å². The first kappa shape index (κ1) is 11.6. The predicted octanol–water partition coefficient (Wildman–Crippen LogP) is 3.12. The van der Waals surface area contributed by atoms with Gasteiger partial charge in [-0.15, -0.1) is 0 Å². The maximum Gasteiger partial charge on any atom is 0.229 e. The zero-order valence-corrected chi connectivity index (χ0v) is 10.5. The summed E-state index contributed by atoms with van der Waals surface area (Å²) in [6.07, 6.45) is 0. The van der Waals surface area contributed by atoms with E-state index in [1.165, 1.54) is 0 Å². The van der Waals surface area contributed by atoms with Crippen LogP contribution in [0.4, 0.5) is 5.69 Å². The summed E-state index contributed by atoms with van der Waals surface area (Å²) < 4.78 is 5.41. The molecule has 0 unspecified atom stereocenters. The van der Waals surface area contributed by atoms with Crippen molar-refractivity contribution in [2.45, 2.75) is 27.7 Å². The second kappa shape index (κ2) is 3.87. The van der Waals surface area contributed by atoms with Gasteiger partial charge in [0.2, 0.25) is 5.91 Å². The number of hydrogen-bond acceptors (Lipinski definition) is 3.